The van der Waals surface area contributed by atoms with Crippen molar-refractivity contribution in [3.05, 3.63) is 36.0 Å². The summed E-state index contributed by atoms with van der Waals surface area (Å²) in [6, 6.07) is 9.32. The summed E-state index contributed by atoms with van der Waals surface area (Å²) in [6.07, 6.45) is 3.20. The predicted octanol–water partition coefficient (Wildman–Crippen LogP) is 1.94. The van der Waals surface area contributed by atoms with Gasteiger partial charge in [0.15, 0.2) is 0 Å². The molecule has 0 aliphatic carbocycles. The average Bonchev–Trinajstić information content (AvgIpc) is 2.25. The Balaban J connectivity index is 2.89. The molecule has 0 spiro atoms. The van der Waals surface area contributed by atoms with Crippen molar-refractivity contribution in [1.29, 1.82) is 5.26 Å². The van der Waals surface area contributed by atoms with E-state index in [4.69, 9.17) is 11.0 Å². The van der Waals surface area contributed by atoms with E-state index in [1.807, 2.05) is 26.2 Å². The molecule has 0 unspecified atom stereocenters. The largest absolute Gasteiger partial charge is 0.397 e. The molecule has 0 amide bonds. The highest BCUT2D eigenvalue weighted by molar-refractivity contribution is 5.86. The highest BCUT2D eigenvalue weighted by atomic mass is 15.0. The van der Waals surface area contributed by atoms with Crippen molar-refractivity contribution in [3.63, 3.8) is 0 Å². The molecule has 16 heavy (non-hydrogen) atoms. The monoisotopic (exact) mass is 214 g/mol. The minimum atomic E-state index is 0.480. The van der Waals surface area contributed by atoms with Crippen molar-refractivity contribution < 1.29 is 0 Å². The molecule has 0 heterocycles. The lowest BCUT2D eigenvalue weighted by Crippen LogP contribution is -2.02. The molecular weight excluding hydrogens is 200 g/mol. The van der Waals surface area contributed by atoms with Gasteiger partial charge >= 0.3 is 0 Å². The molecule has 82 valence electrons. The summed E-state index contributed by atoms with van der Waals surface area (Å²) in [5.74, 6) is 0. The lowest BCUT2D eigenvalue weighted by atomic mass is 10.3. The van der Waals surface area contributed by atoms with Crippen molar-refractivity contribution in [2.24, 2.45) is 4.99 Å². The van der Waals surface area contributed by atoms with E-state index >= 15 is 0 Å². The fourth-order valence-corrected chi connectivity index (χ4v) is 1.11. The minimum absolute atomic E-state index is 0.480. The number of rotatable bonds is 3. The number of allylic oxidation sites excluding steroid dienone is 1. The van der Waals surface area contributed by atoms with Crippen LogP contribution in [0.2, 0.25) is 0 Å². The summed E-state index contributed by atoms with van der Waals surface area (Å²) in [5, 5.41) is 8.85. The second kappa shape index (κ2) is 5.56. The van der Waals surface area contributed by atoms with E-state index in [0.717, 1.165) is 0 Å². The van der Waals surface area contributed by atoms with Crippen LogP contribution in [-0.4, -0.2) is 25.2 Å². The smallest absolute Gasteiger partial charge is 0.102 e. The molecule has 1 aromatic rings. The summed E-state index contributed by atoms with van der Waals surface area (Å²) >= 11 is 0. The second-order valence-corrected chi connectivity index (χ2v) is 3.48. The highest BCUT2D eigenvalue weighted by Crippen LogP contribution is 2.20. The standard InChI is InChI=1S/C12H14N4/c1-16(2)9-10(7-13)8-15-12-6-4-3-5-11(12)14/h3-6,8-9H,14H2,1-2H3/b10-9+,15-8?. The van der Waals surface area contributed by atoms with E-state index in [1.165, 1.54) is 6.21 Å². The molecule has 0 saturated heterocycles. The van der Waals surface area contributed by atoms with E-state index in [-0.39, 0.29) is 0 Å². The summed E-state index contributed by atoms with van der Waals surface area (Å²) in [4.78, 5) is 5.95. The number of hydrogen-bond acceptors (Lipinski definition) is 4. The molecule has 0 saturated carbocycles. The molecule has 1 aromatic carbocycles. The molecule has 4 nitrogen and oxygen atoms in total. The van der Waals surface area contributed by atoms with Gasteiger partial charge in [0.05, 0.1) is 16.9 Å². The zero-order chi connectivity index (χ0) is 12.0. The quantitative estimate of drug-likeness (QED) is 0.475. The van der Waals surface area contributed by atoms with Gasteiger partial charge in [-0.1, -0.05) is 12.1 Å². The van der Waals surface area contributed by atoms with E-state index in [2.05, 4.69) is 11.1 Å². The Morgan fingerprint density at radius 3 is 2.69 bits per heavy atom. The maximum absolute atomic E-state index is 8.85. The zero-order valence-electron chi connectivity index (χ0n) is 9.38. The number of nitrogens with two attached hydrogens (primary N) is 1. The summed E-state index contributed by atoms with van der Waals surface area (Å²) < 4.78 is 0. The van der Waals surface area contributed by atoms with Gasteiger partial charge in [-0.3, -0.25) is 4.99 Å². The maximum Gasteiger partial charge on any atom is 0.102 e. The molecule has 4 heteroatoms. The fourth-order valence-electron chi connectivity index (χ4n) is 1.11. The Morgan fingerprint density at radius 1 is 1.44 bits per heavy atom. The predicted molar refractivity (Wildman–Crippen MR) is 66.4 cm³/mol. The van der Waals surface area contributed by atoms with Crippen LogP contribution in [0.1, 0.15) is 0 Å². The molecule has 2 N–H and O–H groups in total. The van der Waals surface area contributed by atoms with Gasteiger partial charge in [0.2, 0.25) is 0 Å². The van der Waals surface area contributed by atoms with Crippen LogP contribution in [0.15, 0.2) is 41.0 Å². The van der Waals surface area contributed by atoms with Crippen molar-refractivity contribution in [2.75, 3.05) is 19.8 Å². The van der Waals surface area contributed by atoms with Crippen LogP contribution in [0, 0.1) is 11.3 Å². The molecule has 0 atom stereocenters. The summed E-state index contributed by atoms with van der Waals surface area (Å²) in [7, 11) is 3.70. The Bertz CT molecular complexity index is 452. The SMILES string of the molecule is CN(C)/C=C(\C#N)C=Nc1ccccc1N. The van der Waals surface area contributed by atoms with E-state index in [1.54, 1.807) is 23.2 Å². The first-order valence-electron chi connectivity index (χ1n) is 4.80. The third kappa shape index (κ3) is 3.46. The second-order valence-electron chi connectivity index (χ2n) is 3.48. The van der Waals surface area contributed by atoms with E-state index < -0.39 is 0 Å². The molecule has 1 rings (SSSR count). The number of nitrogen functional groups attached to an aromatic ring is 1. The molecule has 0 radical (unpaired) electrons. The molecule has 0 aliphatic heterocycles. The Kier molecular flexibility index (Phi) is 4.10. The number of nitrogens with zero attached hydrogens (tertiary/aromatic N) is 3. The molecule has 0 aromatic heterocycles. The average molecular weight is 214 g/mol. The molecule has 0 fully saturated rings. The van der Waals surface area contributed by atoms with Gasteiger partial charge in [-0.15, -0.1) is 0 Å². The lowest BCUT2D eigenvalue weighted by Gasteiger charge is -2.03. The number of aliphatic imine (C=N–C) groups is 1. The number of benzene rings is 1. The normalized spacial score (nSPS) is 11.4. The van der Waals surface area contributed by atoms with Gasteiger partial charge in [-0.05, 0) is 12.1 Å². The number of para-hydroxylation sites is 2. The minimum Gasteiger partial charge on any atom is -0.397 e. The first-order chi connectivity index (χ1) is 7.63. The van der Waals surface area contributed by atoms with Crippen LogP contribution in [0.5, 0.6) is 0 Å². The molecule has 0 bridgehead atoms. The molecule has 0 aliphatic rings. The van der Waals surface area contributed by atoms with E-state index in [0.29, 0.717) is 16.9 Å². The first-order valence-corrected chi connectivity index (χ1v) is 4.80. The third-order valence-corrected chi connectivity index (χ3v) is 1.81. The summed E-state index contributed by atoms with van der Waals surface area (Å²) in [5.41, 5.74) is 7.47. The van der Waals surface area contributed by atoms with Crippen LogP contribution in [0.3, 0.4) is 0 Å². The Morgan fingerprint density at radius 2 is 2.12 bits per heavy atom. The maximum atomic E-state index is 8.85. The summed E-state index contributed by atoms with van der Waals surface area (Å²) in [6.45, 7) is 0. The molecular formula is C12H14N4. The van der Waals surface area contributed by atoms with Gasteiger partial charge in [-0.2, -0.15) is 5.26 Å². The fraction of sp³-hybridized carbons (Fsp3) is 0.167. The first kappa shape index (κ1) is 11.8. The van der Waals surface area contributed by atoms with Gasteiger partial charge in [0.25, 0.3) is 0 Å². The van der Waals surface area contributed by atoms with Gasteiger partial charge in [0, 0.05) is 26.5 Å². The van der Waals surface area contributed by atoms with Crippen molar-refractivity contribution in [3.8, 4) is 6.07 Å². The van der Waals surface area contributed by atoms with Crippen LogP contribution in [0.4, 0.5) is 11.4 Å². The third-order valence-electron chi connectivity index (χ3n) is 1.81. The van der Waals surface area contributed by atoms with E-state index in [9.17, 15) is 0 Å². The van der Waals surface area contributed by atoms with Gasteiger partial charge < -0.3 is 10.6 Å². The van der Waals surface area contributed by atoms with Crippen molar-refractivity contribution in [1.82, 2.24) is 4.90 Å². The lowest BCUT2D eigenvalue weighted by molar-refractivity contribution is 0.562. The Labute approximate surface area is 95.3 Å². The van der Waals surface area contributed by atoms with Crippen LogP contribution in [-0.2, 0) is 0 Å². The van der Waals surface area contributed by atoms with Gasteiger partial charge in [0.1, 0.15) is 6.07 Å². The number of hydrogen-bond donors (Lipinski definition) is 1. The topological polar surface area (TPSA) is 65.4 Å². The van der Waals surface area contributed by atoms with Crippen LogP contribution >= 0.6 is 0 Å². The van der Waals surface area contributed by atoms with Crippen LogP contribution in [0.25, 0.3) is 0 Å². The Hall–Kier alpha value is -2.28. The van der Waals surface area contributed by atoms with Crippen LogP contribution < -0.4 is 5.73 Å². The number of anilines is 1. The zero-order valence-corrected chi connectivity index (χ0v) is 9.38. The van der Waals surface area contributed by atoms with Crippen molar-refractivity contribution in [2.45, 2.75) is 0 Å². The van der Waals surface area contributed by atoms with Gasteiger partial charge in [-0.25, -0.2) is 0 Å². The highest BCUT2D eigenvalue weighted by Gasteiger charge is 1.95. The van der Waals surface area contributed by atoms with Crippen molar-refractivity contribution >= 4 is 17.6 Å². The number of nitriles is 1.